The van der Waals surface area contributed by atoms with E-state index in [1.807, 2.05) is 6.07 Å². The summed E-state index contributed by atoms with van der Waals surface area (Å²) in [4.78, 5) is 2.31. The van der Waals surface area contributed by atoms with Crippen molar-refractivity contribution >= 4 is 0 Å². The molecule has 0 saturated heterocycles. The monoisotopic (exact) mass is 290 g/mol. The zero-order valence-electron chi connectivity index (χ0n) is 13.7. The maximum absolute atomic E-state index is 14.2. The lowest BCUT2D eigenvalue weighted by molar-refractivity contribution is 0.233. The van der Waals surface area contributed by atoms with Crippen LogP contribution in [0.3, 0.4) is 0 Å². The van der Waals surface area contributed by atoms with E-state index in [0.29, 0.717) is 23.9 Å². The standard InChI is InChI=1S/C18H27FN2/c1-14(2)8-10-21(11-9-15(3)4)13-17-7-5-6-16(12-20)18(17)19/h5-7,14-15H,8-11,13H2,1-4H3. The van der Waals surface area contributed by atoms with Gasteiger partial charge in [0.2, 0.25) is 0 Å². The first-order valence-electron chi connectivity index (χ1n) is 7.83. The molecule has 0 amide bonds. The Bertz CT molecular complexity index is 463. The number of nitrogens with zero attached hydrogens (tertiary/aromatic N) is 2. The van der Waals surface area contributed by atoms with Gasteiger partial charge in [0.15, 0.2) is 0 Å². The zero-order chi connectivity index (χ0) is 15.8. The molecule has 2 nitrogen and oxygen atoms in total. The van der Waals surface area contributed by atoms with Crippen LogP contribution in [0.15, 0.2) is 18.2 Å². The Hall–Kier alpha value is -1.40. The van der Waals surface area contributed by atoms with Crippen LogP contribution < -0.4 is 0 Å². The van der Waals surface area contributed by atoms with Crippen molar-refractivity contribution in [2.45, 2.75) is 47.1 Å². The Balaban J connectivity index is 2.77. The molecule has 0 heterocycles. The van der Waals surface area contributed by atoms with E-state index in [-0.39, 0.29) is 11.4 Å². The maximum atomic E-state index is 14.2. The summed E-state index contributed by atoms with van der Waals surface area (Å²) >= 11 is 0. The fourth-order valence-corrected chi connectivity index (χ4v) is 2.18. The fraction of sp³-hybridized carbons (Fsp3) is 0.611. The van der Waals surface area contributed by atoms with Crippen LogP contribution in [-0.2, 0) is 6.54 Å². The second-order valence-electron chi connectivity index (χ2n) is 6.53. The first-order chi connectivity index (χ1) is 9.93. The summed E-state index contributed by atoms with van der Waals surface area (Å²) < 4.78 is 14.2. The molecule has 0 aromatic heterocycles. The molecule has 21 heavy (non-hydrogen) atoms. The summed E-state index contributed by atoms with van der Waals surface area (Å²) in [6.07, 6.45) is 2.22. The molecule has 1 aromatic rings. The minimum atomic E-state index is -0.362. The van der Waals surface area contributed by atoms with Crippen molar-refractivity contribution in [2.75, 3.05) is 13.1 Å². The van der Waals surface area contributed by atoms with Gasteiger partial charge in [-0.1, -0.05) is 39.8 Å². The van der Waals surface area contributed by atoms with Crippen LogP contribution >= 0.6 is 0 Å². The van der Waals surface area contributed by atoms with Crippen LogP contribution in [0.5, 0.6) is 0 Å². The van der Waals surface area contributed by atoms with Crippen molar-refractivity contribution < 1.29 is 4.39 Å². The van der Waals surface area contributed by atoms with Gasteiger partial charge in [0.25, 0.3) is 0 Å². The third-order valence-electron chi connectivity index (χ3n) is 3.64. The summed E-state index contributed by atoms with van der Waals surface area (Å²) in [5, 5.41) is 8.93. The molecule has 0 spiro atoms. The molecule has 0 radical (unpaired) electrons. The van der Waals surface area contributed by atoms with Gasteiger partial charge in [-0.15, -0.1) is 0 Å². The normalized spacial score (nSPS) is 11.4. The van der Waals surface area contributed by atoms with Gasteiger partial charge in [-0.3, -0.25) is 4.90 Å². The van der Waals surface area contributed by atoms with E-state index >= 15 is 0 Å². The first-order valence-corrected chi connectivity index (χ1v) is 7.83. The smallest absolute Gasteiger partial charge is 0.145 e. The number of nitriles is 1. The topological polar surface area (TPSA) is 27.0 Å². The second-order valence-corrected chi connectivity index (χ2v) is 6.53. The minimum absolute atomic E-state index is 0.139. The van der Waals surface area contributed by atoms with E-state index in [2.05, 4.69) is 32.6 Å². The molecule has 0 N–H and O–H groups in total. The number of halogens is 1. The van der Waals surface area contributed by atoms with Gasteiger partial charge >= 0.3 is 0 Å². The number of benzene rings is 1. The van der Waals surface area contributed by atoms with Gasteiger partial charge < -0.3 is 0 Å². The molecule has 0 aliphatic rings. The lowest BCUT2D eigenvalue weighted by Gasteiger charge is -2.24. The zero-order valence-corrected chi connectivity index (χ0v) is 13.7. The van der Waals surface area contributed by atoms with Crippen LogP contribution in [0.1, 0.15) is 51.7 Å². The predicted molar refractivity (Wildman–Crippen MR) is 85.3 cm³/mol. The molecule has 3 heteroatoms. The summed E-state index contributed by atoms with van der Waals surface area (Å²) in [7, 11) is 0. The first kappa shape index (κ1) is 17.7. The Morgan fingerprint density at radius 2 is 1.67 bits per heavy atom. The summed E-state index contributed by atoms with van der Waals surface area (Å²) in [6, 6.07) is 7.00. The third-order valence-corrected chi connectivity index (χ3v) is 3.64. The summed E-state index contributed by atoms with van der Waals surface area (Å²) in [6.45, 7) is 11.4. The quantitative estimate of drug-likeness (QED) is 0.700. The molecule has 0 fully saturated rings. The SMILES string of the molecule is CC(C)CCN(CCC(C)C)Cc1cccc(C#N)c1F. The second kappa shape index (κ2) is 8.79. The number of hydrogen-bond acceptors (Lipinski definition) is 2. The number of hydrogen-bond donors (Lipinski definition) is 0. The lowest BCUT2D eigenvalue weighted by atomic mass is 10.1. The van der Waals surface area contributed by atoms with Crippen LogP contribution in [0, 0.1) is 29.0 Å². The van der Waals surface area contributed by atoms with E-state index < -0.39 is 0 Å². The van der Waals surface area contributed by atoms with E-state index in [9.17, 15) is 4.39 Å². The van der Waals surface area contributed by atoms with Gasteiger partial charge in [0.1, 0.15) is 11.9 Å². The highest BCUT2D eigenvalue weighted by atomic mass is 19.1. The molecule has 116 valence electrons. The molecule has 1 aromatic carbocycles. The van der Waals surface area contributed by atoms with Crippen LogP contribution in [0.25, 0.3) is 0 Å². The van der Waals surface area contributed by atoms with Crippen molar-refractivity contribution in [3.05, 3.63) is 35.1 Å². The van der Waals surface area contributed by atoms with Gasteiger partial charge in [0, 0.05) is 12.1 Å². The van der Waals surface area contributed by atoms with Crippen molar-refractivity contribution in [2.24, 2.45) is 11.8 Å². The van der Waals surface area contributed by atoms with Gasteiger partial charge in [0.05, 0.1) is 5.56 Å². The highest BCUT2D eigenvalue weighted by molar-refractivity contribution is 5.34. The molecule has 0 aliphatic heterocycles. The largest absolute Gasteiger partial charge is 0.299 e. The molecule has 1 rings (SSSR count). The Labute approximate surface area is 128 Å². The van der Waals surface area contributed by atoms with Crippen LogP contribution in [0.2, 0.25) is 0 Å². The fourth-order valence-electron chi connectivity index (χ4n) is 2.18. The number of rotatable bonds is 8. The summed E-state index contributed by atoms with van der Waals surface area (Å²) in [5.74, 6) is 0.919. The van der Waals surface area contributed by atoms with Crippen LogP contribution in [0.4, 0.5) is 4.39 Å². The van der Waals surface area contributed by atoms with Crippen molar-refractivity contribution in [1.29, 1.82) is 5.26 Å². The lowest BCUT2D eigenvalue weighted by Crippen LogP contribution is -2.28. The molecule has 0 atom stereocenters. The Kier molecular flexibility index (Phi) is 7.39. The van der Waals surface area contributed by atoms with E-state index in [4.69, 9.17) is 5.26 Å². The van der Waals surface area contributed by atoms with Crippen molar-refractivity contribution in [3.8, 4) is 6.07 Å². The molecular weight excluding hydrogens is 263 g/mol. The Morgan fingerprint density at radius 1 is 1.10 bits per heavy atom. The van der Waals surface area contributed by atoms with Gasteiger partial charge in [-0.05, 0) is 43.8 Å². The van der Waals surface area contributed by atoms with E-state index in [0.717, 1.165) is 25.9 Å². The van der Waals surface area contributed by atoms with E-state index in [1.165, 1.54) is 6.07 Å². The minimum Gasteiger partial charge on any atom is -0.299 e. The highest BCUT2D eigenvalue weighted by Gasteiger charge is 2.13. The van der Waals surface area contributed by atoms with E-state index in [1.54, 1.807) is 12.1 Å². The summed E-state index contributed by atoms with van der Waals surface area (Å²) in [5.41, 5.74) is 0.765. The molecule has 0 unspecified atom stereocenters. The van der Waals surface area contributed by atoms with Crippen molar-refractivity contribution in [3.63, 3.8) is 0 Å². The predicted octanol–water partition coefficient (Wildman–Crippen LogP) is 4.59. The molecular formula is C18H27FN2. The van der Waals surface area contributed by atoms with Crippen molar-refractivity contribution in [1.82, 2.24) is 4.90 Å². The molecule has 0 saturated carbocycles. The third kappa shape index (κ3) is 6.27. The maximum Gasteiger partial charge on any atom is 0.145 e. The average Bonchev–Trinajstić information content (AvgIpc) is 2.43. The van der Waals surface area contributed by atoms with Crippen LogP contribution in [-0.4, -0.2) is 18.0 Å². The highest BCUT2D eigenvalue weighted by Crippen LogP contribution is 2.16. The van der Waals surface area contributed by atoms with Gasteiger partial charge in [-0.2, -0.15) is 5.26 Å². The average molecular weight is 290 g/mol. The molecule has 0 bridgehead atoms. The Morgan fingerprint density at radius 3 is 2.14 bits per heavy atom. The van der Waals surface area contributed by atoms with Gasteiger partial charge in [-0.25, -0.2) is 4.39 Å². The molecule has 0 aliphatic carbocycles.